The molecule has 0 spiro atoms. The van der Waals surface area contributed by atoms with Gasteiger partial charge in [0.25, 0.3) is 0 Å². The summed E-state index contributed by atoms with van der Waals surface area (Å²) in [6.07, 6.45) is 4.63. The fourth-order valence-corrected chi connectivity index (χ4v) is 2.61. The van der Waals surface area contributed by atoms with E-state index in [9.17, 15) is 4.79 Å². The molecule has 0 unspecified atom stereocenters. The zero-order chi connectivity index (χ0) is 15.5. The molecule has 0 bridgehead atoms. The van der Waals surface area contributed by atoms with E-state index in [4.69, 9.17) is 9.15 Å². The van der Waals surface area contributed by atoms with Crippen molar-refractivity contribution >= 4 is 5.97 Å². The summed E-state index contributed by atoms with van der Waals surface area (Å²) < 4.78 is 10.5. The Morgan fingerprint density at radius 2 is 2.00 bits per heavy atom. The molecule has 6 nitrogen and oxygen atoms in total. The smallest absolute Gasteiger partial charge is 0.319 e. The summed E-state index contributed by atoms with van der Waals surface area (Å²) >= 11 is 0. The largest absolute Gasteiger partial charge is 0.468 e. The van der Waals surface area contributed by atoms with Gasteiger partial charge in [0, 0.05) is 11.5 Å². The van der Waals surface area contributed by atoms with Crippen LogP contribution in [0.25, 0.3) is 0 Å². The fraction of sp³-hybridized carbons (Fsp3) is 0.800. The normalized spacial score (nSPS) is 16.6. The molecular weight excluding hydrogens is 270 g/mol. The fourth-order valence-electron chi connectivity index (χ4n) is 2.61. The van der Waals surface area contributed by atoms with Crippen LogP contribution in [0.2, 0.25) is 0 Å². The highest BCUT2D eigenvalue weighted by Crippen LogP contribution is 2.26. The Kier molecular flexibility index (Phi) is 4.98. The van der Waals surface area contributed by atoms with E-state index in [0.717, 1.165) is 12.8 Å². The van der Waals surface area contributed by atoms with Crippen LogP contribution in [0.3, 0.4) is 0 Å². The Labute approximate surface area is 125 Å². The van der Waals surface area contributed by atoms with Crippen LogP contribution in [0.15, 0.2) is 4.42 Å². The van der Waals surface area contributed by atoms with Gasteiger partial charge < -0.3 is 9.15 Å². The number of aromatic nitrogens is 2. The first-order valence-electron chi connectivity index (χ1n) is 7.54. The van der Waals surface area contributed by atoms with Gasteiger partial charge in [0.05, 0.1) is 20.2 Å². The Morgan fingerprint density at radius 3 is 2.52 bits per heavy atom. The van der Waals surface area contributed by atoms with Crippen LogP contribution in [-0.2, 0) is 21.5 Å². The molecule has 1 aliphatic carbocycles. The third-order valence-electron chi connectivity index (χ3n) is 3.85. The monoisotopic (exact) mass is 295 g/mol. The minimum atomic E-state index is -0.225. The zero-order valence-electron chi connectivity index (χ0n) is 13.4. The van der Waals surface area contributed by atoms with Crippen molar-refractivity contribution in [2.45, 2.75) is 64.5 Å². The molecule has 0 amide bonds. The summed E-state index contributed by atoms with van der Waals surface area (Å²) in [4.78, 5) is 13.7. The maximum absolute atomic E-state index is 11.6. The molecular formula is C15H25N3O3. The quantitative estimate of drug-likeness (QED) is 0.776. The molecule has 1 aromatic rings. The van der Waals surface area contributed by atoms with Gasteiger partial charge in [0.1, 0.15) is 0 Å². The number of carbonyl (C=O) groups is 1. The van der Waals surface area contributed by atoms with Crippen molar-refractivity contribution in [1.82, 2.24) is 15.1 Å². The lowest BCUT2D eigenvalue weighted by Gasteiger charge is -2.25. The number of hydrogen-bond donors (Lipinski definition) is 0. The van der Waals surface area contributed by atoms with Crippen LogP contribution in [0, 0.1) is 0 Å². The molecule has 6 heteroatoms. The van der Waals surface area contributed by atoms with Crippen molar-refractivity contribution in [1.29, 1.82) is 0 Å². The van der Waals surface area contributed by atoms with Gasteiger partial charge in [-0.3, -0.25) is 9.69 Å². The van der Waals surface area contributed by atoms with Gasteiger partial charge >= 0.3 is 5.97 Å². The molecule has 0 aliphatic heterocycles. The molecule has 118 valence electrons. The Balaban J connectivity index is 2.06. The first-order valence-corrected chi connectivity index (χ1v) is 7.54. The van der Waals surface area contributed by atoms with Crippen LogP contribution in [0.1, 0.15) is 58.2 Å². The second kappa shape index (κ2) is 6.56. The van der Waals surface area contributed by atoms with Crippen molar-refractivity contribution in [2.75, 3.05) is 13.7 Å². The summed E-state index contributed by atoms with van der Waals surface area (Å²) in [5.41, 5.74) is -0.161. The van der Waals surface area contributed by atoms with Crippen molar-refractivity contribution in [2.24, 2.45) is 0 Å². The predicted molar refractivity (Wildman–Crippen MR) is 77.7 cm³/mol. The van der Waals surface area contributed by atoms with Gasteiger partial charge in [0.2, 0.25) is 11.8 Å². The lowest BCUT2D eigenvalue weighted by molar-refractivity contribution is -0.142. The highest BCUT2D eigenvalue weighted by molar-refractivity contribution is 5.71. The lowest BCUT2D eigenvalue weighted by Crippen LogP contribution is -2.37. The SMILES string of the molecule is COC(=O)CN(Cc1nnc(C(C)(C)C)o1)C1CCCC1. The van der Waals surface area contributed by atoms with Crippen LogP contribution in [-0.4, -0.2) is 40.8 Å². The van der Waals surface area contributed by atoms with Crippen LogP contribution in [0.4, 0.5) is 0 Å². The maximum Gasteiger partial charge on any atom is 0.319 e. The summed E-state index contributed by atoms with van der Waals surface area (Å²) in [6, 6.07) is 0.397. The molecule has 0 N–H and O–H groups in total. The molecule has 1 aliphatic rings. The Hall–Kier alpha value is -1.43. The van der Waals surface area contributed by atoms with Crippen molar-refractivity contribution in [3.8, 4) is 0 Å². The first-order chi connectivity index (χ1) is 9.90. The van der Waals surface area contributed by atoms with E-state index in [1.807, 2.05) is 20.8 Å². The van der Waals surface area contributed by atoms with Gasteiger partial charge in [-0.15, -0.1) is 10.2 Å². The second-order valence-corrected chi connectivity index (χ2v) is 6.67. The van der Waals surface area contributed by atoms with E-state index in [0.29, 0.717) is 24.4 Å². The third kappa shape index (κ3) is 4.27. The van der Waals surface area contributed by atoms with Gasteiger partial charge in [-0.2, -0.15) is 0 Å². The van der Waals surface area contributed by atoms with Crippen LogP contribution >= 0.6 is 0 Å². The third-order valence-corrected chi connectivity index (χ3v) is 3.85. The minimum Gasteiger partial charge on any atom is -0.468 e. The second-order valence-electron chi connectivity index (χ2n) is 6.67. The molecule has 0 radical (unpaired) electrons. The average molecular weight is 295 g/mol. The lowest BCUT2D eigenvalue weighted by atomic mass is 9.97. The number of rotatable bonds is 5. The molecule has 1 aromatic heterocycles. The summed E-state index contributed by atoms with van der Waals surface area (Å²) in [5, 5.41) is 8.22. The molecule has 1 saturated carbocycles. The maximum atomic E-state index is 11.6. The summed E-state index contributed by atoms with van der Waals surface area (Å²) in [7, 11) is 1.42. The number of carbonyl (C=O) groups excluding carboxylic acids is 1. The van der Waals surface area contributed by atoms with Crippen molar-refractivity contribution in [3.05, 3.63) is 11.8 Å². The molecule has 2 rings (SSSR count). The molecule has 1 fully saturated rings. The molecule has 1 heterocycles. The number of hydrogen-bond acceptors (Lipinski definition) is 6. The zero-order valence-corrected chi connectivity index (χ0v) is 13.4. The molecule has 0 saturated heterocycles. The summed E-state index contributed by atoms with van der Waals surface area (Å²) in [5.74, 6) is 0.968. The Bertz CT molecular complexity index is 473. The van der Waals surface area contributed by atoms with E-state index < -0.39 is 0 Å². The number of ether oxygens (including phenoxy) is 1. The van der Waals surface area contributed by atoms with Crippen molar-refractivity contribution in [3.63, 3.8) is 0 Å². The van der Waals surface area contributed by atoms with Gasteiger partial charge in [-0.25, -0.2) is 0 Å². The number of methoxy groups -OCH3 is 1. The van der Waals surface area contributed by atoms with E-state index >= 15 is 0 Å². The highest BCUT2D eigenvalue weighted by atomic mass is 16.5. The predicted octanol–water partition coefficient (Wildman–Crippen LogP) is 2.28. The van der Waals surface area contributed by atoms with Crippen LogP contribution in [0.5, 0.6) is 0 Å². The van der Waals surface area contributed by atoms with E-state index in [1.54, 1.807) is 0 Å². The molecule has 21 heavy (non-hydrogen) atoms. The first kappa shape index (κ1) is 15.9. The van der Waals surface area contributed by atoms with Crippen molar-refractivity contribution < 1.29 is 13.9 Å². The molecule has 0 aromatic carbocycles. The minimum absolute atomic E-state index is 0.161. The van der Waals surface area contributed by atoms with Gasteiger partial charge in [0.15, 0.2) is 0 Å². The topological polar surface area (TPSA) is 68.5 Å². The van der Waals surface area contributed by atoms with E-state index in [-0.39, 0.29) is 17.9 Å². The standard InChI is InChI=1S/C15H25N3O3/c1-15(2,3)14-17-16-12(21-14)9-18(10-13(19)20-4)11-7-5-6-8-11/h11H,5-10H2,1-4H3. The Morgan fingerprint density at radius 1 is 1.33 bits per heavy atom. The summed E-state index contributed by atoms with van der Waals surface area (Å²) in [6.45, 7) is 6.88. The van der Waals surface area contributed by atoms with E-state index in [1.165, 1.54) is 20.0 Å². The number of nitrogens with zero attached hydrogens (tertiary/aromatic N) is 3. The van der Waals surface area contributed by atoms with Crippen LogP contribution < -0.4 is 0 Å². The average Bonchev–Trinajstić information content (AvgIpc) is 3.08. The van der Waals surface area contributed by atoms with E-state index in [2.05, 4.69) is 15.1 Å². The highest BCUT2D eigenvalue weighted by Gasteiger charge is 2.27. The van der Waals surface area contributed by atoms with Gasteiger partial charge in [-0.05, 0) is 12.8 Å². The number of esters is 1. The molecule has 0 atom stereocenters. The van der Waals surface area contributed by atoms with Gasteiger partial charge in [-0.1, -0.05) is 33.6 Å².